The number of rotatable bonds is 11. The molecule has 190 valence electrons. The van der Waals surface area contributed by atoms with E-state index in [0.29, 0.717) is 44.6 Å². The van der Waals surface area contributed by atoms with E-state index in [1.54, 1.807) is 55.7 Å². The minimum atomic E-state index is -0.411. The topological polar surface area (TPSA) is 98.1 Å². The second-order valence-corrected chi connectivity index (χ2v) is 9.89. The summed E-state index contributed by atoms with van der Waals surface area (Å²) < 4.78 is 7.01. The summed E-state index contributed by atoms with van der Waals surface area (Å²) in [6.45, 7) is 8.22. The van der Waals surface area contributed by atoms with Crippen LogP contribution in [-0.4, -0.2) is 39.4 Å². The number of carbonyl (C=O) groups is 2. The summed E-state index contributed by atoms with van der Waals surface area (Å²) in [6.07, 6.45) is 1.72. The Kier molecular flexibility index (Phi) is 9.81. The SMILES string of the molecule is C=CCn1c(SCC(=O)Nc2ccc(Cl)c(Cl)c2)nnc1C(NC(=O)c1ccc(OC)cc1)C(C)C. The van der Waals surface area contributed by atoms with Gasteiger partial charge in [0.1, 0.15) is 5.75 Å². The lowest BCUT2D eigenvalue weighted by molar-refractivity contribution is -0.113. The molecule has 0 bridgehead atoms. The average Bonchev–Trinajstić information content (AvgIpc) is 3.25. The highest BCUT2D eigenvalue weighted by molar-refractivity contribution is 7.99. The maximum Gasteiger partial charge on any atom is 0.251 e. The molecule has 2 N–H and O–H groups in total. The molecule has 0 aliphatic carbocycles. The highest BCUT2D eigenvalue weighted by atomic mass is 35.5. The monoisotopic (exact) mass is 547 g/mol. The number of anilines is 1. The Labute approximate surface area is 224 Å². The van der Waals surface area contributed by atoms with Gasteiger partial charge in [0, 0.05) is 17.8 Å². The van der Waals surface area contributed by atoms with E-state index in [-0.39, 0.29) is 23.5 Å². The number of carbonyl (C=O) groups excluding carboxylic acids is 2. The first-order valence-electron chi connectivity index (χ1n) is 11.1. The normalized spacial score (nSPS) is 11.7. The predicted octanol–water partition coefficient (Wildman–Crippen LogP) is 5.64. The van der Waals surface area contributed by atoms with Crippen molar-refractivity contribution in [2.45, 2.75) is 31.6 Å². The van der Waals surface area contributed by atoms with E-state index in [1.165, 1.54) is 11.8 Å². The lowest BCUT2D eigenvalue weighted by Crippen LogP contribution is -2.33. The fourth-order valence-electron chi connectivity index (χ4n) is 3.33. The van der Waals surface area contributed by atoms with Gasteiger partial charge in [0.05, 0.1) is 28.9 Å². The third kappa shape index (κ3) is 7.02. The number of ether oxygens (including phenoxy) is 1. The van der Waals surface area contributed by atoms with E-state index in [1.807, 2.05) is 18.4 Å². The molecule has 11 heteroatoms. The molecule has 8 nitrogen and oxygen atoms in total. The summed E-state index contributed by atoms with van der Waals surface area (Å²) in [4.78, 5) is 25.4. The van der Waals surface area contributed by atoms with Crippen LogP contribution in [0.2, 0.25) is 10.0 Å². The lowest BCUT2D eigenvalue weighted by atomic mass is 10.0. The Morgan fingerprint density at radius 3 is 2.47 bits per heavy atom. The molecular formula is C25H27Cl2N5O3S. The number of halogens is 2. The zero-order valence-electron chi connectivity index (χ0n) is 20.1. The number of aromatic nitrogens is 3. The Morgan fingerprint density at radius 1 is 1.14 bits per heavy atom. The summed E-state index contributed by atoms with van der Waals surface area (Å²) in [5.41, 5.74) is 1.05. The lowest BCUT2D eigenvalue weighted by Gasteiger charge is -2.22. The first kappa shape index (κ1) is 27.6. The Balaban J connectivity index is 1.74. The Hall–Kier alpha value is -3.01. The molecule has 0 saturated heterocycles. The molecule has 36 heavy (non-hydrogen) atoms. The van der Waals surface area contributed by atoms with Gasteiger partial charge in [0.25, 0.3) is 5.91 Å². The van der Waals surface area contributed by atoms with Gasteiger partial charge in [-0.2, -0.15) is 0 Å². The van der Waals surface area contributed by atoms with E-state index in [9.17, 15) is 9.59 Å². The van der Waals surface area contributed by atoms with Crippen LogP contribution < -0.4 is 15.4 Å². The van der Waals surface area contributed by atoms with Gasteiger partial charge < -0.3 is 19.9 Å². The smallest absolute Gasteiger partial charge is 0.251 e. The van der Waals surface area contributed by atoms with E-state index in [0.717, 1.165) is 0 Å². The van der Waals surface area contributed by atoms with Crippen LogP contribution in [0.5, 0.6) is 5.75 Å². The van der Waals surface area contributed by atoms with Crippen LogP contribution in [0.1, 0.15) is 36.1 Å². The minimum absolute atomic E-state index is 0.0239. The molecular weight excluding hydrogens is 521 g/mol. The fraction of sp³-hybridized carbons (Fsp3) is 0.280. The average molecular weight is 548 g/mol. The molecule has 2 amide bonds. The summed E-state index contributed by atoms with van der Waals surface area (Å²) in [7, 11) is 1.57. The first-order chi connectivity index (χ1) is 17.2. The summed E-state index contributed by atoms with van der Waals surface area (Å²) in [5, 5.41) is 15.8. The maximum absolute atomic E-state index is 12.9. The van der Waals surface area contributed by atoms with E-state index in [4.69, 9.17) is 27.9 Å². The molecule has 0 radical (unpaired) electrons. The second kappa shape index (κ2) is 12.8. The quantitative estimate of drug-likeness (QED) is 0.238. The summed E-state index contributed by atoms with van der Waals surface area (Å²) >= 11 is 13.2. The molecule has 0 aliphatic heterocycles. The highest BCUT2D eigenvalue weighted by Gasteiger charge is 2.26. The summed E-state index contributed by atoms with van der Waals surface area (Å²) in [5.74, 6) is 0.901. The molecule has 1 atom stereocenters. The number of nitrogens with one attached hydrogen (secondary N) is 2. The number of hydrogen-bond donors (Lipinski definition) is 2. The van der Waals surface area contributed by atoms with Crippen molar-refractivity contribution >= 4 is 52.5 Å². The van der Waals surface area contributed by atoms with E-state index in [2.05, 4.69) is 27.4 Å². The van der Waals surface area contributed by atoms with Crippen molar-refractivity contribution in [1.29, 1.82) is 0 Å². The maximum atomic E-state index is 12.9. The molecule has 3 rings (SSSR count). The second-order valence-electron chi connectivity index (χ2n) is 8.13. The largest absolute Gasteiger partial charge is 0.497 e. The van der Waals surface area contributed by atoms with Gasteiger partial charge in [-0.1, -0.05) is 54.9 Å². The molecule has 0 aliphatic rings. The van der Waals surface area contributed by atoms with Crippen molar-refractivity contribution in [3.8, 4) is 5.75 Å². The van der Waals surface area contributed by atoms with Gasteiger partial charge in [-0.3, -0.25) is 9.59 Å². The van der Waals surface area contributed by atoms with Gasteiger partial charge in [-0.05, 0) is 48.4 Å². The van der Waals surface area contributed by atoms with Crippen LogP contribution >= 0.6 is 35.0 Å². The fourth-order valence-corrected chi connectivity index (χ4v) is 4.39. The first-order valence-corrected chi connectivity index (χ1v) is 12.8. The highest BCUT2D eigenvalue weighted by Crippen LogP contribution is 2.27. The van der Waals surface area contributed by atoms with Gasteiger partial charge in [-0.25, -0.2) is 0 Å². The predicted molar refractivity (Wildman–Crippen MR) is 144 cm³/mol. The van der Waals surface area contributed by atoms with Crippen LogP contribution in [-0.2, 0) is 11.3 Å². The molecule has 1 unspecified atom stereocenters. The molecule has 1 heterocycles. The number of benzene rings is 2. The standard InChI is InChI=1S/C25H27Cl2N5O3S/c1-5-12-32-23(22(15(2)3)29-24(34)16-6-9-18(35-4)10-7-16)30-31-25(32)36-14-21(33)28-17-8-11-19(26)20(27)13-17/h5-11,13,15,22H,1,12,14H2,2-4H3,(H,28,33)(H,29,34). The third-order valence-corrected chi connectivity index (χ3v) is 6.88. The number of amides is 2. The number of allylic oxidation sites excluding steroid dienone is 1. The number of methoxy groups -OCH3 is 1. The van der Waals surface area contributed by atoms with Crippen molar-refractivity contribution in [3.05, 3.63) is 76.6 Å². The van der Waals surface area contributed by atoms with Crippen LogP contribution in [0, 0.1) is 5.92 Å². The van der Waals surface area contributed by atoms with E-state index < -0.39 is 6.04 Å². The van der Waals surface area contributed by atoms with Crippen LogP contribution in [0.3, 0.4) is 0 Å². The minimum Gasteiger partial charge on any atom is -0.497 e. The van der Waals surface area contributed by atoms with Crippen LogP contribution in [0.15, 0.2) is 60.3 Å². The zero-order valence-corrected chi connectivity index (χ0v) is 22.5. The molecule has 3 aromatic rings. The van der Waals surface area contributed by atoms with Crippen LogP contribution in [0.25, 0.3) is 0 Å². The Morgan fingerprint density at radius 2 is 1.86 bits per heavy atom. The van der Waals surface area contributed by atoms with Gasteiger partial charge in [0.15, 0.2) is 11.0 Å². The number of hydrogen-bond acceptors (Lipinski definition) is 6. The van der Waals surface area contributed by atoms with Crippen molar-refractivity contribution in [2.75, 3.05) is 18.2 Å². The molecule has 1 aromatic heterocycles. The van der Waals surface area contributed by atoms with Crippen molar-refractivity contribution in [1.82, 2.24) is 20.1 Å². The van der Waals surface area contributed by atoms with Crippen molar-refractivity contribution in [3.63, 3.8) is 0 Å². The Bertz CT molecular complexity index is 1230. The number of nitrogens with zero attached hydrogens (tertiary/aromatic N) is 3. The molecule has 0 saturated carbocycles. The van der Waals surface area contributed by atoms with Gasteiger partial charge in [-0.15, -0.1) is 16.8 Å². The third-order valence-electron chi connectivity index (χ3n) is 5.18. The molecule has 2 aromatic carbocycles. The number of thioether (sulfide) groups is 1. The van der Waals surface area contributed by atoms with Gasteiger partial charge in [0.2, 0.25) is 5.91 Å². The van der Waals surface area contributed by atoms with Crippen molar-refractivity contribution < 1.29 is 14.3 Å². The van der Waals surface area contributed by atoms with Crippen molar-refractivity contribution in [2.24, 2.45) is 5.92 Å². The molecule has 0 fully saturated rings. The van der Waals surface area contributed by atoms with Crippen LogP contribution in [0.4, 0.5) is 5.69 Å². The zero-order chi connectivity index (χ0) is 26.2. The van der Waals surface area contributed by atoms with E-state index >= 15 is 0 Å². The summed E-state index contributed by atoms with van der Waals surface area (Å²) in [6, 6.07) is 11.3. The van der Waals surface area contributed by atoms with Gasteiger partial charge >= 0.3 is 0 Å². The molecule has 0 spiro atoms.